The second-order valence-electron chi connectivity index (χ2n) is 3.63. The van der Waals surface area contributed by atoms with Gasteiger partial charge in [-0.25, -0.2) is 4.98 Å². The van der Waals surface area contributed by atoms with Crippen molar-refractivity contribution in [1.29, 1.82) is 5.26 Å². The molecule has 0 unspecified atom stereocenters. The van der Waals surface area contributed by atoms with Crippen LogP contribution in [0.25, 0.3) is 0 Å². The highest BCUT2D eigenvalue weighted by atomic mass is 79.9. The quantitative estimate of drug-likeness (QED) is 0.915. The largest absolute Gasteiger partial charge is 0.354 e. The Kier molecular flexibility index (Phi) is 3.40. The first-order valence-electron chi connectivity index (χ1n) is 5.08. The number of nitrogens with zero attached hydrogens (tertiary/aromatic N) is 2. The Morgan fingerprint density at radius 3 is 2.76 bits per heavy atom. The Bertz CT molecular complexity index is 570. The van der Waals surface area contributed by atoms with Gasteiger partial charge in [-0.1, -0.05) is 22.0 Å². The number of hydrogen-bond acceptors (Lipinski definition) is 3. The molecule has 2 rings (SSSR count). The summed E-state index contributed by atoms with van der Waals surface area (Å²) in [6.45, 7) is 2.03. The van der Waals surface area contributed by atoms with Crippen molar-refractivity contribution in [2.45, 2.75) is 6.92 Å². The molecule has 0 spiro atoms. The van der Waals surface area contributed by atoms with Crippen LogP contribution >= 0.6 is 15.9 Å². The minimum absolute atomic E-state index is 0.418. The Morgan fingerprint density at radius 2 is 2.12 bits per heavy atom. The molecule has 0 aliphatic rings. The average Bonchev–Trinajstić information content (AvgIpc) is 2.35. The van der Waals surface area contributed by atoms with Gasteiger partial charge in [-0.05, 0) is 36.8 Å². The highest BCUT2D eigenvalue weighted by molar-refractivity contribution is 9.10. The van der Waals surface area contributed by atoms with Gasteiger partial charge in [0.25, 0.3) is 0 Å². The fourth-order valence-electron chi connectivity index (χ4n) is 1.42. The predicted octanol–water partition coefficient (Wildman–Crippen LogP) is 3.77. The number of anilines is 2. The van der Waals surface area contributed by atoms with E-state index in [9.17, 15) is 0 Å². The SMILES string of the molecule is Cc1ccc(Br)cc1Nc1ccc(C#N)nc1. The van der Waals surface area contributed by atoms with Gasteiger partial charge in [0, 0.05) is 10.2 Å². The van der Waals surface area contributed by atoms with E-state index in [-0.39, 0.29) is 0 Å². The van der Waals surface area contributed by atoms with Gasteiger partial charge in [0.1, 0.15) is 11.8 Å². The molecule has 0 atom stereocenters. The summed E-state index contributed by atoms with van der Waals surface area (Å²) >= 11 is 3.43. The molecule has 17 heavy (non-hydrogen) atoms. The van der Waals surface area contributed by atoms with Crippen molar-refractivity contribution in [2.75, 3.05) is 5.32 Å². The number of pyridine rings is 1. The van der Waals surface area contributed by atoms with E-state index in [0.717, 1.165) is 21.4 Å². The topological polar surface area (TPSA) is 48.7 Å². The summed E-state index contributed by atoms with van der Waals surface area (Å²) in [4.78, 5) is 4.01. The standard InChI is InChI=1S/C13H10BrN3/c1-9-2-3-10(14)6-13(9)17-12-5-4-11(7-15)16-8-12/h2-6,8,17H,1H3. The minimum Gasteiger partial charge on any atom is -0.354 e. The molecular weight excluding hydrogens is 278 g/mol. The summed E-state index contributed by atoms with van der Waals surface area (Å²) in [5.41, 5.74) is 3.45. The van der Waals surface area contributed by atoms with Crippen LogP contribution in [0.2, 0.25) is 0 Å². The minimum atomic E-state index is 0.418. The highest BCUT2D eigenvalue weighted by Gasteiger charge is 2.00. The zero-order valence-electron chi connectivity index (χ0n) is 9.24. The van der Waals surface area contributed by atoms with Crippen LogP contribution in [-0.4, -0.2) is 4.98 Å². The summed E-state index contributed by atoms with van der Waals surface area (Å²) in [5.74, 6) is 0. The van der Waals surface area contributed by atoms with Crippen LogP contribution in [-0.2, 0) is 0 Å². The fourth-order valence-corrected chi connectivity index (χ4v) is 1.78. The second kappa shape index (κ2) is 4.98. The maximum absolute atomic E-state index is 8.66. The molecule has 84 valence electrons. The normalized spacial score (nSPS) is 9.71. The van der Waals surface area contributed by atoms with E-state index >= 15 is 0 Å². The fraction of sp³-hybridized carbons (Fsp3) is 0.0769. The molecule has 0 radical (unpaired) electrons. The van der Waals surface area contributed by atoms with Gasteiger partial charge in [-0.2, -0.15) is 5.26 Å². The molecule has 0 aliphatic carbocycles. The molecule has 0 fully saturated rings. The third kappa shape index (κ3) is 2.83. The lowest BCUT2D eigenvalue weighted by Gasteiger charge is -2.09. The number of aryl methyl sites for hydroxylation is 1. The van der Waals surface area contributed by atoms with Crippen LogP contribution in [0, 0.1) is 18.3 Å². The average molecular weight is 288 g/mol. The van der Waals surface area contributed by atoms with Gasteiger partial charge in [-0.15, -0.1) is 0 Å². The zero-order valence-corrected chi connectivity index (χ0v) is 10.8. The molecule has 1 aromatic carbocycles. The lowest BCUT2D eigenvalue weighted by Crippen LogP contribution is -1.94. The second-order valence-corrected chi connectivity index (χ2v) is 4.54. The van der Waals surface area contributed by atoms with E-state index in [2.05, 4.69) is 26.2 Å². The Labute approximate surface area is 108 Å². The van der Waals surface area contributed by atoms with Crippen molar-refractivity contribution in [3.8, 4) is 6.07 Å². The van der Waals surface area contributed by atoms with Crippen LogP contribution < -0.4 is 5.32 Å². The lowest BCUT2D eigenvalue weighted by molar-refractivity contribution is 1.26. The van der Waals surface area contributed by atoms with Crippen molar-refractivity contribution in [1.82, 2.24) is 4.98 Å². The molecule has 1 aromatic heterocycles. The van der Waals surface area contributed by atoms with Crippen molar-refractivity contribution < 1.29 is 0 Å². The zero-order chi connectivity index (χ0) is 12.3. The first-order valence-corrected chi connectivity index (χ1v) is 5.87. The van der Waals surface area contributed by atoms with E-state index in [4.69, 9.17) is 5.26 Å². The van der Waals surface area contributed by atoms with E-state index in [1.807, 2.05) is 37.3 Å². The van der Waals surface area contributed by atoms with E-state index in [1.165, 1.54) is 0 Å². The highest BCUT2D eigenvalue weighted by Crippen LogP contribution is 2.24. The van der Waals surface area contributed by atoms with Gasteiger partial charge < -0.3 is 5.32 Å². The van der Waals surface area contributed by atoms with Crippen LogP contribution in [0.1, 0.15) is 11.3 Å². The van der Waals surface area contributed by atoms with Crippen LogP contribution in [0.4, 0.5) is 11.4 Å². The summed E-state index contributed by atoms with van der Waals surface area (Å²) in [5, 5.41) is 11.9. The van der Waals surface area contributed by atoms with Crippen LogP contribution in [0.3, 0.4) is 0 Å². The molecule has 2 aromatic rings. The predicted molar refractivity (Wildman–Crippen MR) is 71.1 cm³/mol. The molecule has 0 saturated heterocycles. The van der Waals surface area contributed by atoms with Crippen LogP contribution in [0.15, 0.2) is 41.0 Å². The molecule has 3 nitrogen and oxygen atoms in total. The van der Waals surface area contributed by atoms with E-state index in [1.54, 1.807) is 12.3 Å². The number of rotatable bonds is 2. The van der Waals surface area contributed by atoms with E-state index in [0.29, 0.717) is 5.69 Å². The number of aromatic nitrogens is 1. The Balaban J connectivity index is 2.25. The van der Waals surface area contributed by atoms with Gasteiger partial charge in [0.2, 0.25) is 0 Å². The Hall–Kier alpha value is -1.86. The van der Waals surface area contributed by atoms with E-state index < -0.39 is 0 Å². The molecule has 0 amide bonds. The smallest absolute Gasteiger partial charge is 0.140 e. The number of benzene rings is 1. The van der Waals surface area contributed by atoms with Gasteiger partial charge in [0.15, 0.2) is 0 Å². The molecule has 1 heterocycles. The number of nitrogens with one attached hydrogen (secondary N) is 1. The summed E-state index contributed by atoms with van der Waals surface area (Å²) < 4.78 is 1.02. The lowest BCUT2D eigenvalue weighted by atomic mass is 10.2. The first kappa shape index (κ1) is 11.6. The van der Waals surface area contributed by atoms with Crippen molar-refractivity contribution >= 4 is 27.3 Å². The molecule has 0 aliphatic heterocycles. The number of nitriles is 1. The Morgan fingerprint density at radius 1 is 1.29 bits per heavy atom. The first-order chi connectivity index (χ1) is 8.19. The summed E-state index contributed by atoms with van der Waals surface area (Å²) in [6.07, 6.45) is 1.65. The number of hydrogen-bond donors (Lipinski definition) is 1. The maximum atomic E-state index is 8.66. The molecule has 0 saturated carbocycles. The maximum Gasteiger partial charge on any atom is 0.140 e. The molecule has 1 N–H and O–H groups in total. The van der Waals surface area contributed by atoms with Gasteiger partial charge in [-0.3, -0.25) is 0 Å². The van der Waals surface area contributed by atoms with Gasteiger partial charge >= 0.3 is 0 Å². The third-order valence-corrected chi connectivity index (χ3v) is 2.85. The third-order valence-electron chi connectivity index (χ3n) is 2.36. The van der Waals surface area contributed by atoms with Crippen LogP contribution in [0.5, 0.6) is 0 Å². The molecule has 4 heteroatoms. The van der Waals surface area contributed by atoms with Crippen molar-refractivity contribution in [2.24, 2.45) is 0 Å². The van der Waals surface area contributed by atoms with Crippen molar-refractivity contribution in [3.63, 3.8) is 0 Å². The molecular formula is C13H10BrN3. The van der Waals surface area contributed by atoms with Gasteiger partial charge in [0.05, 0.1) is 11.9 Å². The van der Waals surface area contributed by atoms with Crippen molar-refractivity contribution in [3.05, 3.63) is 52.3 Å². The molecule has 0 bridgehead atoms. The summed E-state index contributed by atoms with van der Waals surface area (Å²) in [7, 11) is 0. The monoisotopic (exact) mass is 287 g/mol. The number of halogens is 1. The summed E-state index contributed by atoms with van der Waals surface area (Å²) in [6, 6.07) is 11.6.